The Morgan fingerprint density at radius 3 is 2.62 bits per heavy atom. The van der Waals surface area contributed by atoms with Gasteiger partial charge in [-0.3, -0.25) is 4.99 Å². The van der Waals surface area contributed by atoms with Gasteiger partial charge in [-0.1, -0.05) is 22.9 Å². The lowest BCUT2D eigenvalue weighted by Gasteiger charge is -2.20. The molecule has 3 atom stereocenters. The van der Waals surface area contributed by atoms with Gasteiger partial charge >= 0.3 is 0 Å². The summed E-state index contributed by atoms with van der Waals surface area (Å²) >= 11 is 3.49. The predicted molar refractivity (Wildman–Crippen MR) is 92.0 cm³/mol. The zero-order valence-corrected chi connectivity index (χ0v) is 14.2. The Morgan fingerprint density at radius 2 is 2.00 bits per heavy atom. The van der Waals surface area contributed by atoms with Gasteiger partial charge in [0.05, 0.1) is 0 Å². The van der Waals surface area contributed by atoms with Gasteiger partial charge in [0, 0.05) is 42.4 Å². The van der Waals surface area contributed by atoms with Crippen molar-refractivity contribution in [3.63, 3.8) is 0 Å². The Labute approximate surface area is 135 Å². The first-order valence-corrected chi connectivity index (χ1v) is 8.45. The number of hydrogen-bond acceptors (Lipinski definition) is 2. The van der Waals surface area contributed by atoms with Crippen molar-refractivity contribution in [2.75, 3.05) is 25.0 Å². The molecule has 4 nitrogen and oxygen atoms in total. The summed E-state index contributed by atoms with van der Waals surface area (Å²) in [6.07, 6.45) is 2.41. The summed E-state index contributed by atoms with van der Waals surface area (Å²) < 4.78 is 1.13. The standard InChI is InChI=1S/C16H23BrN4/c1-11-9-15(11)20-16(18-2)19-13-7-8-21(10-13)14-5-3-12(17)4-6-14/h3-6,11,13,15H,7-10H2,1-2H3,(H2,18,19,20). The van der Waals surface area contributed by atoms with Crippen molar-refractivity contribution in [1.29, 1.82) is 0 Å². The van der Waals surface area contributed by atoms with Crippen molar-refractivity contribution < 1.29 is 0 Å². The molecule has 3 unspecified atom stereocenters. The Morgan fingerprint density at radius 1 is 1.29 bits per heavy atom. The molecular formula is C16H23BrN4. The number of guanidine groups is 1. The van der Waals surface area contributed by atoms with Crippen LogP contribution in [0.3, 0.4) is 0 Å². The molecule has 1 aromatic carbocycles. The van der Waals surface area contributed by atoms with Crippen LogP contribution in [0.2, 0.25) is 0 Å². The third-order valence-corrected chi connectivity index (χ3v) is 4.90. The number of nitrogens with one attached hydrogen (secondary N) is 2. The van der Waals surface area contributed by atoms with Crippen LogP contribution in [0.25, 0.3) is 0 Å². The summed E-state index contributed by atoms with van der Waals surface area (Å²) in [6, 6.07) is 9.63. The number of aliphatic imine (C=N–C) groups is 1. The third kappa shape index (κ3) is 3.70. The maximum Gasteiger partial charge on any atom is 0.191 e. The van der Waals surface area contributed by atoms with Crippen LogP contribution in [0.4, 0.5) is 5.69 Å². The molecule has 1 aliphatic heterocycles. The van der Waals surface area contributed by atoms with Gasteiger partial charge < -0.3 is 15.5 Å². The maximum atomic E-state index is 4.35. The van der Waals surface area contributed by atoms with E-state index >= 15 is 0 Å². The average Bonchev–Trinajstić information content (AvgIpc) is 2.99. The quantitative estimate of drug-likeness (QED) is 0.650. The molecule has 0 bridgehead atoms. The van der Waals surface area contributed by atoms with Crippen molar-refractivity contribution in [2.45, 2.75) is 31.8 Å². The van der Waals surface area contributed by atoms with Crippen LogP contribution in [0.1, 0.15) is 19.8 Å². The summed E-state index contributed by atoms with van der Waals surface area (Å²) in [5.41, 5.74) is 1.29. The van der Waals surface area contributed by atoms with Crippen LogP contribution in [0.15, 0.2) is 33.7 Å². The summed E-state index contributed by atoms with van der Waals surface area (Å²) in [6.45, 7) is 4.40. The van der Waals surface area contributed by atoms with Crippen LogP contribution in [0, 0.1) is 5.92 Å². The highest BCUT2D eigenvalue weighted by Gasteiger charge is 2.34. The van der Waals surface area contributed by atoms with Crippen LogP contribution in [-0.4, -0.2) is 38.2 Å². The van der Waals surface area contributed by atoms with E-state index in [1.54, 1.807) is 0 Å². The maximum absolute atomic E-state index is 4.35. The highest BCUT2D eigenvalue weighted by atomic mass is 79.9. The number of benzene rings is 1. The lowest BCUT2D eigenvalue weighted by molar-refractivity contribution is 0.643. The minimum Gasteiger partial charge on any atom is -0.369 e. The fraction of sp³-hybridized carbons (Fsp3) is 0.562. The molecule has 1 heterocycles. The van der Waals surface area contributed by atoms with Gasteiger partial charge in [-0.15, -0.1) is 0 Å². The third-order valence-electron chi connectivity index (χ3n) is 4.38. The van der Waals surface area contributed by atoms with E-state index in [9.17, 15) is 0 Å². The van der Waals surface area contributed by atoms with Gasteiger partial charge in [0.2, 0.25) is 0 Å². The van der Waals surface area contributed by atoms with Gasteiger partial charge in [0.25, 0.3) is 0 Å². The highest BCUT2D eigenvalue weighted by molar-refractivity contribution is 9.10. The molecule has 114 valence electrons. The van der Waals surface area contributed by atoms with Crippen molar-refractivity contribution in [3.05, 3.63) is 28.7 Å². The molecule has 5 heteroatoms. The highest BCUT2D eigenvalue weighted by Crippen LogP contribution is 2.29. The average molecular weight is 351 g/mol. The summed E-state index contributed by atoms with van der Waals surface area (Å²) in [5.74, 6) is 1.73. The molecule has 0 radical (unpaired) electrons. The van der Waals surface area contributed by atoms with Gasteiger partial charge in [-0.05, 0) is 43.0 Å². The van der Waals surface area contributed by atoms with Crippen molar-refractivity contribution >= 4 is 27.6 Å². The van der Waals surface area contributed by atoms with E-state index in [2.05, 4.69) is 67.6 Å². The van der Waals surface area contributed by atoms with Gasteiger partial charge in [0.1, 0.15) is 0 Å². The molecule has 21 heavy (non-hydrogen) atoms. The van der Waals surface area contributed by atoms with E-state index in [1.165, 1.54) is 12.1 Å². The summed E-state index contributed by atoms with van der Waals surface area (Å²) in [7, 11) is 1.85. The van der Waals surface area contributed by atoms with E-state index < -0.39 is 0 Å². The zero-order valence-electron chi connectivity index (χ0n) is 12.6. The number of nitrogens with zero attached hydrogens (tertiary/aromatic N) is 2. The molecular weight excluding hydrogens is 328 g/mol. The molecule has 1 aromatic rings. The first-order chi connectivity index (χ1) is 10.2. The number of rotatable bonds is 3. The Balaban J connectivity index is 1.53. The minimum atomic E-state index is 0.467. The fourth-order valence-corrected chi connectivity index (χ4v) is 3.09. The molecule has 2 N–H and O–H groups in total. The van der Waals surface area contributed by atoms with Gasteiger partial charge in [-0.2, -0.15) is 0 Å². The molecule has 0 aromatic heterocycles. The molecule has 2 fully saturated rings. The second-order valence-corrected chi connectivity index (χ2v) is 7.00. The smallest absolute Gasteiger partial charge is 0.191 e. The lowest BCUT2D eigenvalue weighted by atomic mass is 10.3. The Hall–Kier alpha value is -1.23. The normalized spacial score (nSPS) is 28.6. The van der Waals surface area contributed by atoms with Crippen molar-refractivity contribution in [3.8, 4) is 0 Å². The van der Waals surface area contributed by atoms with E-state index in [-0.39, 0.29) is 0 Å². The second-order valence-electron chi connectivity index (χ2n) is 6.09. The zero-order chi connectivity index (χ0) is 14.8. The summed E-state index contributed by atoms with van der Waals surface area (Å²) in [5, 5.41) is 7.05. The van der Waals surface area contributed by atoms with Crippen LogP contribution in [0.5, 0.6) is 0 Å². The predicted octanol–water partition coefficient (Wildman–Crippen LogP) is 2.60. The first kappa shape index (κ1) is 14.7. The molecule has 1 saturated carbocycles. The molecule has 1 aliphatic carbocycles. The second kappa shape index (κ2) is 6.26. The topological polar surface area (TPSA) is 39.7 Å². The van der Waals surface area contributed by atoms with Crippen LogP contribution >= 0.6 is 15.9 Å². The fourth-order valence-electron chi connectivity index (χ4n) is 2.83. The lowest BCUT2D eigenvalue weighted by Crippen LogP contribution is -2.45. The largest absolute Gasteiger partial charge is 0.369 e. The molecule has 3 rings (SSSR count). The van der Waals surface area contributed by atoms with Crippen molar-refractivity contribution in [2.24, 2.45) is 10.9 Å². The van der Waals surface area contributed by atoms with Gasteiger partial charge in [0.15, 0.2) is 5.96 Å². The minimum absolute atomic E-state index is 0.467. The monoisotopic (exact) mass is 350 g/mol. The molecule has 2 aliphatic rings. The van der Waals surface area contributed by atoms with Crippen LogP contribution in [-0.2, 0) is 0 Å². The van der Waals surface area contributed by atoms with Crippen molar-refractivity contribution in [1.82, 2.24) is 10.6 Å². The number of anilines is 1. The number of halogens is 1. The molecule has 1 saturated heterocycles. The van der Waals surface area contributed by atoms with Crippen LogP contribution < -0.4 is 15.5 Å². The first-order valence-electron chi connectivity index (χ1n) is 7.66. The summed E-state index contributed by atoms with van der Waals surface area (Å²) in [4.78, 5) is 6.77. The Kier molecular flexibility index (Phi) is 4.38. The SMILES string of the molecule is CN=C(NC1CCN(c2ccc(Br)cc2)C1)NC1CC1C. The van der Waals surface area contributed by atoms with E-state index in [0.29, 0.717) is 12.1 Å². The van der Waals surface area contributed by atoms with Gasteiger partial charge in [-0.25, -0.2) is 0 Å². The van der Waals surface area contributed by atoms with E-state index in [4.69, 9.17) is 0 Å². The van der Waals surface area contributed by atoms with E-state index in [0.717, 1.165) is 35.9 Å². The molecule has 0 amide bonds. The Bertz CT molecular complexity index is 514. The number of hydrogen-bond donors (Lipinski definition) is 2. The molecule has 0 spiro atoms. The van der Waals surface area contributed by atoms with E-state index in [1.807, 2.05) is 7.05 Å².